The molecule has 1 saturated carbocycles. The van der Waals surface area contributed by atoms with Gasteiger partial charge in [-0.25, -0.2) is 0 Å². The summed E-state index contributed by atoms with van der Waals surface area (Å²) >= 11 is 0. The number of rotatable bonds is 6. The summed E-state index contributed by atoms with van der Waals surface area (Å²) < 4.78 is 0. The maximum atomic E-state index is 12.6. The number of aromatic nitrogens is 2. The summed E-state index contributed by atoms with van der Waals surface area (Å²) in [4.78, 5) is 14.9. The van der Waals surface area contributed by atoms with Gasteiger partial charge in [0.15, 0.2) is 0 Å². The van der Waals surface area contributed by atoms with E-state index >= 15 is 0 Å². The van der Waals surface area contributed by atoms with Gasteiger partial charge in [0.05, 0.1) is 12.7 Å². The molecule has 0 bridgehead atoms. The van der Waals surface area contributed by atoms with Crippen molar-refractivity contribution in [1.82, 2.24) is 20.4 Å². The van der Waals surface area contributed by atoms with Gasteiger partial charge in [0.1, 0.15) is 0 Å². The first-order chi connectivity index (χ1) is 12.3. The predicted octanol–water partition coefficient (Wildman–Crippen LogP) is 2.78. The molecule has 1 amide bonds. The molecule has 5 heteroatoms. The summed E-state index contributed by atoms with van der Waals surface area (Å²) in [6.07, 6.45) is 9.64. The Morgan fingerprint density at radius 3 is 2.84 bits per heavy atom. The number of hydrogen-bond acceptors (Lipinski definition) is 3. The molecule has 4 rings (SSSR count). The largest absolute Gasteiger partial charge is 0.354 e. The van der Waals surface area contributed by atoms with Gasteiger partial charge in [0.25, 0.3) is 0 Å². The van der Waals surface area contributed by atoms with E-state index in [1.54, 1.807) is 0 Å². The molecule has 0 radical (unpaired) electrons. The monoisotopic (exact) mass is 338 g/mol. The molecule has 25 heavy (non-hydrogen) atoms. The third-order valence-corrected chi connectivity index (χ3v) is 5.73. The van der Waals surface area contributed by atoms with Crippen molar-refractivity contribution in [1.29, 1.82) is 0 Å². The summed E-state index contributed by atoms with van der Waals surface area (Å²) in [5.41, 5.74) is 2.71. The number of piperidine rings is 1. The van der Waals surface area contributed by atoms with Crippen molar-refractivity contribution in [3.05, 3.63) is 53.9 Å². The van der Waals surface area contributed by atoms with Gasteiger partial charge in [-0.3, -0.25) is 14.8 Å². The van der Waals surface area contributed by atoms with Gasteiger partial charge in [0, 0.05) is 29.8 Å². The first-order valence-electron chi connectivity index (χ1n) is 9.32. The Hall–Kier alpha value is -2.14. The van der Waals surface area contributed by atoms with Gasteiger partial charge < -0.3 is 5.32 Å². The van der Waals surface area contributed by atoms with E-state index in [-0.39, 0.29) is 11.3 Å². The lowest BCUT2D eigenvalue weighted by Crippen LogP contribution is -2.43. The zero-order valence-corrected chi connectivity index (χ0v) is 14.6. The van der Waals surface area contributed by atoms with Crippen molar-refractivity contribution in [2.24, 2.45) is 0 Å². The molecule has 132 valence electrons. The average Bonchev–Trinajstić information content (AvgIpc) is 3.26. The van der Waals surface area contributed by atoms with Crippen LogP contribution in [0.1, 0.15) is 49.3 Å². The minimum atomic E-state index is 0.137. The Kier molecular flexibility index (Phi) is 4.57. The molecule has 5 nitrogen and oxygen atoms in total. The zero-order chi connectivity index (χ0) is 17.1. The Labute approximate surface area is 148 Å². The van der Waals surface area contributed by atoms with Crippen LogP contribution in [0.4, 0.5) is 0 Å². The van der Waals surface area contributed by atoms with Crippen molar-refractivity contribution in [2.45, 2.75) is 43.6 Å². The van der Waals surface area contributed by atoms with Crippen LogP contribution in [0, 0.1) is 0 Å². The van der Waals surface area contributed by atoms with E-state index in [0.29, 0.717) is 12.6 Å². The molecule has 2 heterocycles. The minimum absolute atomic E-state index is 0.137. The number of nitrogens with one attached hydrogen (secondary N) is 2. The third-order valence-electron chi connectivity index (χ3n) is 5.73. The minimum Gasteiger partial charge on any atom is -0.354 e. The van der Waals surface area contributed by atoms with Crippen molar-refractivity contribution in [3.63, 3.8) is 0 Å². The number of H-pyrrole nitrogens is 1. The van der Waals surface area contributed by atoms with Gasteiger partial charge in [-0.05, 0) is 37.8 Å². The lowest BCUT2D eigenvalue weighted by molar-refractivity contribution is -0.123. The zero-order valence-electron chi connectivity index (χ0n) is 14.6. The topological polar surface area (TPSA) is 61.0 Å². The van der Waals surface area contributed by atoms with E-state index in [2.05, 4.69) is 44.7 Å². The van der Waals surface area contributed by atoms with Crippen LogP contribution in [0.5, 0.6) is 0 Å². The smallest absolute Gasteiger partial charge is 0.234 e. The quantitative estimate of drug-likeness (QED) is 0.851. The number of hydrogen-bond donors (Lipinski definition) is 2. The number of carbonyl (C=O) groups is 1. The number of nitrogens with zero attached hydrogens (tertiary/aromatic N) is 2. The van der Waals surface area contributed by atoms with Crippen molar-refractivity contribution < 1.29 is 4.79 Å². The molecule has 2 fully saturated rings. The SMILES string of the molecule is O=C(CN1CCCCC1c1cn[nH]c1)NCC1(c2ccccc2)CC1. The maximum absolute atomic E-state index is 12.6. The van der Waals surface area contributed by atoms with Crippen LogP contribution >= 0.6 is 0 Å². The average molecular weight is 338 g/mol. The molecule has 1 aromatic heterocycles. The molecular weight excluding hydrogens is 312 g/mol. The summed E-state index contributed by atoms with van der Waals surface area (Å²) in [6, 6.07) is 10.9. The van der Waals surface area contributed by atoms with E-state index in [1.165, 1.54) is 30.4 Å². The van der Waals surface area contributed by atoms with E-state index < -0.39 is 0 Å². The highest BCUT2D eigenvalue weighted by Gasteiger charge is 2.44. The molecule has 1 saturated heterocycles. The standard InChI is InChI=1S/C20H26N4O/c25-19(21-15-20(9-10-20)17-6-2-1-3-7-17)14-24-11-5-4-8-18(24)16-12-22-23-13-16/h1-3,6-7,12-13,18H,4-5,8-11,14-15H2,(H,21,25)(H,22,23). The predicted molar refractivity (Wildman–Crippen MR) is 97.1 cm³/mol. The van der Waals surface area contributed by atoms with E-state index in [0.717, 1.165) is 25.9 Å². The molecule has 0 spiro atoms. The van der Waals surface area contributed by atoms with Gasteiger partial charge >= 0.3 is 0 Å². The fourth-order valence-corrected chi connectivity index (χ4v) is 4.02. The fourth-order valence-electron chi connectivity index (χ4n) is 4.02. The molecular formula is C20H26N4O. The summed E-state index contributed by atoms with van der Waals surface area (Å²) in [6.45, 7) is 2.20. The third kappa shape index (κ3) is 3.61. The van der Waals surface area contributed by atoms with E-state index in [4.69, 9.17) is 0 Å². The maximum Gasteiger partial charge on any atom is 0.234 e. The second-order valence-electron chi connectivity index (χ2n) is 7.44. The van der Waals surface area contributed by atoms with Crippen LogP contribution < -0.4 is 5.32 Å². The number of aromatic amines is 1. The number of benzene rings is 1. The normalized spacial score (nSPS) is 22.5. The highest BCUT2D eigenvalue weighted by atomic mass is 16.2. The molecule has 2 N–H and O–H groups in total. The van der Waals surface area contributed by atoms with Crippen LogP contribution in [0.3, 0.4) is 0 Å². The van der Waals surface area contributed by atoms with Crippen LogP contribution in [0.2, 0.25) is 0 Å². The molecule has 1 aliphatic carbocycles. The van der Waals surface area contributed by atoms with Gasteiger partial charge in [-0.2, -0.15) is 5.10 Å². The van der Waals surface area contributed by atoms with Gasteiger partial charge in [-0.15, -0.1) is 0 Å². The molecule has 2 aromatic rings. The van der Waals surface area contributed by atoms with Crippen LogP contribution in [0.15, 0.2) is 42.7 Å². The summed E-state index contributed by atoms with van der Waals surface area (Å²) in [7, 11) is 0. The number of likely N-dealkylation sites (tertiary alicyclic amines) is 1. The van der Waals surface area contributed by atoms with Crippen molar-refractivity contribution >= 4 is 5.91 Å². The molecule has 1 aromatic carbocycles. The highest BCUT2D eigenvalue weighted by molar-refractivity contribution is 5.78. The highest BCUT2D eigenvalue weighted by Crippen LogP contribution is 2.47. The van der Waals surface area contributed by atoms with Gasteiger partial charge in [-0.1, -0.05) is 36.8 Å². The molecule has 1 unspecified atom stereocenters. The second kappa shape index (κ2) is 7.00. The molecule has 2 aliphatic rings. The van der Waals surface area contributed by atoms with E-state index in [1.807, 2.05) is 18.5 Å². The Balaban J connectivity index is 1.34. The Morgan fingerprint density at radius 2 is 2.12 bits per heavy atom. The van der Waals surface area contributed by atoms with Crippen molar-refractivity contribution in [2.75, 3.05) is 19.6 Å². The Bertz CT molecular complexity index is 694. The molecule has 1 atom stereocenters. The van der Waals surface area contributed by atoms with Crippen molar-refractivity contribution in [3.8, 4) is 0 Å². The van der Waals surface area contributed by atoms with Crippen LogP contribution in [0.25, 0.3) is 0 Å². The molecule has 1 aliphatic heterocycles. The fraction of sp³-hybridized carbons (Fsp3) is 0.500. The second-order valence-corrected chi connectivity index (χ2v) is 7.44. The number of carbonyl (C=O) groups excluding carboxylic acids is 1. The first-order valence-corrected chi connectivity index (χ1v) is 9.32. The van der Waals surface area contributed by atoms with E-state index in [9.17, 15) is 4.79 Å². The van der Waals surface area contributed by atoms with Crippen LogP contribution in [-0.4, -0.2) is 40.6 Å². The summed E-state index contributed by atoms with van der Waals surface area (Å²) in [5.74, 6) is 0.137. The van der Waals surface area contributed by atoms with Crippen LogP contribution in [-0.2, 0) is 10.2 Å². The number of amides is 1. The Morgan fingerprint density at radius 1 is 1.28 bits per heavy atom. The lowest BCUT2D eigenvalue weighted by Gasteiger charge is -2.34. The first kappa shape index (κ1) is 16.3. The van der Waals surface area contributed by atoms with Gasteiger partial charge in [0.2, 0.25) is 5.91 Å². The summed E-state index contributed by atoms with van der Waals surface area (Å²) in [5, 5.41) is 10.2. The lowest BCUT2D eigenvalue weighted by atomic mass is 9.96.